The van der Waals surface area contributed by atoms with Crippen molar-refractivity contribution in [1.82, 2.24) is 4.31 Å². The van der Waals surface area contributed by atoms with E-state index in [-0.39, 0.29) is 11.0 Å². The number of likely N-dealkylation sites (N-methyl/N-ethyl adjacent to an activating group) is 1. The fraction of sp³-hybridized carbons (Fsp3) is 0.536. The number of carbonyl (C=O) groups is 1. The second-order valence-electron chi connectivity index (χ2n) is 11.7. The number of aliphatic carboxylic acids is 1. The van der Waals surface area contributed by atoms with Gasteiger partial charge in [-0.05, 0) is 100 Å². The van der Waals surface area contributed by atoms with Gasteiger partial charge in [0.2, 0.25) is 0 Å². The van der Waals surface area contributed by atoms with Crippen molar-refractivity contribution in [2.75, 3.05) is 25.1 Å². The van der Waals surface area contributed by atoms with Crippen LogP contribution in [-0.4, -0.2) is 41.1 Å². The van der Waals surface area contributed by atoms with Gasteiger partial charge >= 0.3 is 12.1 Å². The molecular formula is C28H32F4N2O3S. The number of ether oxygens (including phenoxy) is 1. The van der Waals surface area contributed by atoms with E-state index in [1.165, 1.54) is 69.7 Å². The number of hydrogen-bond donors (Lipinski definition) is 1. The van der Waals surface area contributed by atoms with E-state index in [1.807, 2.05) is 11.9 Å². The first-order valence-electron chi connectivity index (χ1n) is 12.8. The number of carboxylic acid groups (broad SMARTS) is 1. The summed E-state index contributed by atoms with van der Waals surface area (Å²) in [5.41, 5.74) is -1.32. The summed E-state index contributed by atoms with van der Waals surface area (Å²) in [7, 11) is 1.98. The summed E-state index contributed by atoms with van der Waals surface area (Å²) in [5.74, 6) is -1.98. The second-order valence-corrected chi connectivity index (χ2v) is 12.9. The maximum atomic E-state index is 14.3. The van der Waals surface area contributed by atoms with Crippen LogP contribution in [0.25, 0.3) is 0 Å². The fourth-order valence-electron chi connectivity index (χ4n) is 6.23. The molecular weight excluding hydrogens is 520 g/mol. The molecule has 0 bridgehead atoms. The zero-order chi connectivity index (χ0) is 27.5. The Labute approximate surface area is 224 Å². The number of alkyl halides is 3. The third-order valence-corrected chi connectivity index (χ3v) is 9.58. The first-order chi connectivity index (χ1) is 17.7. The van der Waals surface area contributed by atoms with Gasteiger partial charge in [-0.3, -0.25) is 4.79 Å². The molecule has 38 heavy (non-hydrogen) atoms. The van der Waals surface area contributed by atoms with E-state index in [1.54, 1.807) is 12.1 Å². The minimum absolute atomic E-state index is 0.257. The number of fused-ring (bicyclic) bond motifs is 1. The molecule has 10 heteroatoms. The first kappa shape index (κ1) is 27.1. The van der Waals surface area contributed by atoms with Gasteiger partial charge in [0.15, 0.2) is 0 Å². The lowest BCUT2D eigenvalue weighted by molar-refractivity contribution is -0.148. The average molecular weight is 553 g/mol. The first-order valence-corrected chi connectivity index (χ1v) is 13.6. The average Bonchev–Trinajstić information content (AvgIpc) is 3.26. The van der Waals surface area contributed by atoms with E-state index in [0.29, 0.717) is 22.8 Å². The van der Waals surface area contributed by atoms with E-state index < -0.39 is 41.3 Å². The summed E-state index contributed by atoms with van der Waals surface area (Å²) in [6.45, 7) is 2.87. The highest BCUT2D eigenvalue weighted by molar-refractivity contribution is 7.97. The predicted octanol–water partition coefficient (Wildman–Crippen LogP) is 7.52. The van der Waals surface area contributed by atoms with Crippen molar-refractivity contribution >= 4 is 29.3 Å². The zero-order valence-electron chi connectivity index (χ0n) is 21.7. The lowest BCUT2D eigenvalue weighted by Crippen LogP contribution is -2.62. The lowest BCUT2D eigenvalue weighted by Gasteiger charge is -2.59. The molecule has 0 amide bonds. The van der Waals surface area contributed by atoms with Gasteiger partial charge in [-0.2, -0.15) is 13.2 Å². The summed E-state index contributed by atoms with van der Waals surface area (Å²) in [6.07, 6.45) is 1.94. The maximum Gasteiger partial charge on any atom is 0.420 e. The molecule has 2 spiro atoms. The van der Waals surface area contributed by atoms with Crippen LogP contribution in [0, 0.1) is 16.6 Å². The smallest absolute Gasteiger partial charge is 0.420 e. The number of nitrogens with zero attached hydrogens (tertiary/aromatic N) is 2. The molecule has 2 fully saturated rings. The van der Waals surface area contributed by atoms with Gasteiger partial charge in [0.25, 0.3) is 0 Å². The fourth-order valence-corrected chi connectivity index (χ4v) is 7.32. The molecule has 0 atom stereocenters. The zero-order valence-corrected chi connectivity index (χ0v) is 22.5. The van der Waals surface area contributed by atoms with Crippen LogP contribution < -0.4 is 9.64 Å². The van der Waals surface area contributed by atoms with Crippen LogP contribution in [0.4, 0.5) is 28.9 Å². The summed E-state index contributed by atoms with van der Waals surface area (Å²) >= 11 is 1.39. The summed E-state index contributed by atoms with van der Waals surface area (Å²) < 4.78 is 64.4. The molecule has 2 saturated carbocycles. The van der Waals surface area contributed by atoms with E-state index in [0.717, 1.165) is 18.9 Å². The monoisotopic (exact) mass is 552 g/mol. The minimum Gasteiger partial charge on any atom is -0.492 e. The van der Waals surface area contributed by atoms with E-state index in [4.69, 9.17) is 4.74 Å². The molecule has 1 aliphatic heterocycles. The van der Waals surface area contributed by atoms with Gasteiger partial charge in [-0.1, -0.05) is 12.8 Å². The Morgan fingerprint density at radius 2 is 1.74 bits per heavy atom. The van der Waals surface area contributed by atoms with Crippen LogP contribution in [0.3, 0.4) is 0 Å². The van der Waals surface area contributed by atoms with Crippen LogP contribution in [-0.2, 0) is 11.0 Å². The maximum absolute atomic E-state index is 14.3. The summed E-state index contributed by atoms with van der Waals surface area (Å²) in [5, 5.41) is 9.42. The van der Waals surface area contributed by atoms with Crippen molar-refractivity contribution in [3.05, 3.63) is 47.8 Å². The Bertz CT molecular complexity index is 1220. The van der Waals surface area contributed by atoms with E-state index >= 15 is 0 Å². The molecule has 3 aliphatic rings. The van der Waals surface area contributed by atoms with Crippen LogP contribution in [0.5, 0.6) is 5.75 Å². The highest BCUT2D eigenvalue weighted by Gasteiger charge is 2.59. The van der Waals surface area contributed by atoms with E-state index in [9.17, 15) is 27.5 Å². The van der Waals surface area contributed by atoms with Crippen molar-refractivity contribution in [2.45, 2.75) is 69.0 Å². The predicted molar refractivity (Wildman–Crippen MR) is 138 cm³/mol. The molecule has 2 aromatic carbocycles. The Balaban J connectivity index is 1.59. The molecule has 1 N–H and O–H groups in total. The molecule has 0 saturated heterocycles. The number of anilines is 2. The van der Waals surface area contributed by atoms with Gasteiger partial charge in [0.1, 0.15) is 18.2 Å². The molecule has 2 aliphatic carbocycles. The third-order valence-electron chi connectivity index (χ3n) is 8.39. The SMILES string of the molecule is CN1Sc2cc(OCC(C)(C)C(=O)O)c(C(F)(F)F)cc2N(c2ccc(F)cc2)CC12CC1(CCCC1)C2. The quantitative estimate of drug-likeness (QED) is 0.306. The number of hydrogen-bond acceptors (Lipinski definition) is 5. The largest absolute Gasteiger partial charge is 0.492 e. The third kappa shape index (κ3) is 4.85. The Morgan fingerprint density at radius 1 is 1.11 bits per heavy atom. The van der Waals surface area contributed by atoms with Gasteiger partial charge in [-0.25, -0.2) is 8.70 Å². The molecule has 0 radical (unpaired) electrons. The van der Waals surface area contributed by atoms with Gasteiger partial charge in [0, 0.05) is 12.2 Å². The standard InChI is InChI=1S/C28H32F4N2O3S/c1-25(2,24(35)36)17-37-22-13-23-21(12-20(22)28(30,31)32)34(19-8-6-18(29)7-9-19)16-27(33(3)38-23)14-26(15-27)10-4-5-11-26/h6-9,12-13H,4-5,10-11,14-17H2,1-3H3,(H,35,36). The van der Waals surface area contributed by atoms with Gasteiger partial charge in [-0.15, -0.1) is 0 Å². The minimum atomic E-state index is -4.73. The molecule has 5 nitrogen and oxygen atoms in total. The Morgan fingerprint density at radius 3 is 2.32 bits per heavy atom. The molecule has 0 unspecified atom stereocenters. The summed E-state index contributed by atoms with van der Waals surface area (Å²) in [4.78, 5) is 14.0. The summed E-state index contributed by atoms with van der Waals surface area (Å²) in [6, 6.07) is 8.29. The van der Waals surface area contributed by atoms with Gasteiger partial charge in [0.05, 0.1) is 27.1 Å². The van der Waals surface area contributed by atoms with Crippen molar-refractivity contribution in [3.8, 4) is 5.75 Å². The molecule has 206 valence electrons. The van der Waals surface area contributed by atoms with Crippen molar-refractivity contribution < 1.29 is 32.2 Å². The Hall–Kier alpha value is -2.46. The van der Waals surface area contributed by atoms with Crippen LogP contribution >= 0.6 is 11.9 Å². The molecule has 0 aromatic heterocycles. The van der Waals surface area contributed by atoms with Crippen molar-refractivity contribution in [3.63, 3.8) is 0 Å². The highest BCUT2D eigenvalue weighted by atomic mass is 32.2. The van der Waals surface area contributed by atoms with Gasteiger partial charge < -0.3 is 14.7 Å². The lowest BCUT2D eigenvalue weighted by atomic mass is 9.56. The van der Waals surface area contributed by atoms with E-state index in [2.05, 4.69) is 4.31 Å². The normalized spacial score (nSPS) is 20.8. The topological polar surface area (TPSA) is 53.0 Å². The number of rotatable bonds is 5. The van der Waals surface area contributed by atoms with Crippen molar-refractivity contribution in [2.24, 2.45) is 10.8 Å². The highest BCUT2D eigenvalue weighted by Crippen LogP contribution is 2.63. The number of carboxylic acids is 1. The van der Waals surface area contributed by atoms with Crippen LogP contribution in [0.2, 0.25) is 0 Å². The Kier molecular flexibility index (Phi) is 6.66. The second kappa shape index (κ2) is 9.33. The van der Waals surface area contributed by atoms with Crippen LogP contribution in [0.1, 0.15) is 57.9 Å². The van der Waals surface area contributed by atoms with Crippen LogP contribution in [0.15, 0.2) is 41.3 Å². The van der Waals surface area contributed by atoms with Crippen molar-refractivity contribution in [1.29, 1.82) is 0 Å². The number of benzene rings is 2. The molecule has 1 heterocycles. The molecule has 5 rings (SSSR count). The molecule has 2 aromatic rings. The number of halogens is 4.